The summed E-state index contributed by atoms with van der Waals surface area (Å²) in [6.07, 6.45) is 1.45. The number of rotatable bonds is 3. The van der Waals surface area contributed by atoms with Crippen molar-refractivity contribution in [3.63, 3.8) is 0 Å². The largest absolute Gasteiger partial charge is 0.274 e. The molecule has 0 atom stereocenters. The first-order valence-corrected chi connectivity index (χ1v) is 5.37. The van der Waals surface area contributed by atoms with Crippen molar-refractivity contribution in [1.82, 2.24) is 4.98 Å². The van der Waals surface area contributed by atoms with Gasteiger partial charge in [0.05, 0.1) is 5.69 Å². The first-order valence-electron chi connectivity index (χ1n) is 5.37. The summed E-state index contributed by atoms with van der Waals surface area (Å²) in [4.78, 5) is 27.7. The fourth-order valence-corrected chi connectivity index (χ4v) is 1.64. The highest BCUT2D eigenvalue weighted by molar-refractivity contribution is 5.98. The minimum Gasteiger partial charge on any atom is -0.274 e. The van der Waals surface area contributed by atoms with E-state index < -0.39 is 0 Å². The molecule has 0 bridgehead atoms. The molecule has 18 heavy (non-hydrogen) atoms. The Morgan fingerprint density at radius 2 is 1.94 bits per heavy atom. The van der Waals surface area contributed by atoms with Gasteiger partial charge in [0.1, 0.15) is 11.5 Å². The molecular formula is C13H11N3O2. The standard InChI is InChI=1S/C13H11N3O2/c1-10(17)16(12-5-3-2-4-6-12)13-9-11(15-18)7-8-14-13/h2-9H,1H3. The second-order valence-electron chi connectivity index (χ2n) is 3.65. The van der Waals surface area contributed by atoms with Crippen LogP contribution in [0.4, 0.5) is 17.2 Å². The first-order chi connectivity index (χ1) is 8.72. The topological polar surface area (TPSA) is 62.6 Å². The normalized spacial score (nSPS) is 9.83. The molecule has 2 aromatic rings. The molecule has 0 saturated heterocycles. The van der Waals surface area contributed by atoms with Gasteiger partial charge in [-0.2, -0.15) is 0 Å². The van der Waals surface area contributed by atoms with Crippen LogP contribution in [0.1, 0.15) is 6.92 Å². The van der Waals surface area contributed by atoms with Crippen LogP contribution in [0.5, 0.6) is 0 Å². The molecule has 1 aromatic heterocycles. The average molecular weight is 241 g/mol. The van der Waals surface area contributed by atoms with Crippen molar-refractivity contribution in [3.8, 4) is 0 Å². The first kappa shape index (κ1) is 11.9. The maximum atomic E-state index is 11.7. The molecule has 5 nitrogen and oxygen atoms in total. The Balaban J connectivity index is 2.48. The number of anilines is 2. The van der Waals surface area contributed by atoms with Gasteiger partial charge in [-0.15, -0.1) is 4.91 Å². The number of amides is 1. The quantitative estimate of drug-likeness (QED) is 0.775. The molecule has 0 saturated carbocycles. The summed E-state index contributed by atoms with van der Waals surface area (Å²) in [5.41, 5.74) is 0.933. The minimum absolute atomic E-state index is 0.184. The Labute approximate surface area is 104 Å². The number of nitrogens with zero attached hydrogens (tertiary/aromatic N) is 3. The van der Waals surface area contributed by atoms with Gasteiger partial charge in [-0.25, -0.2) is 4.98 Å². The number of pyridine rings is 1. The third-order valence-electron chi connectivity index (χ3n) is 2.39. The Morgan fingerprint density at radius 1 is 1.22 bits per heavy atom. The monoisotopic (exact) mass is 241 g/mol. The molecule has 0 unspecified atom stereocenters. The molecule has 0 spiro atoms. The number of para-hydroxylation sites is 1. The predicted molar refractivity (Wildman–Crippen MR) is 69.0 cm³/mol. The summed E-state index contributed by atoms with van der Waals surface area (Å²) >= 11 is 0. The van der Waals surface area contributed by atoms with E-state index in [1.54, 1.807) is 12.1 Å². The SMILES string of the molecule is CC(=O)N(c1ccccc1)c1cc(N=O)ccn1. The molecule has 1 aromatic carbocycles. The Morgan fingerprint density at radius 3 is 2.56 bits per heavy atom. The van der Waals surface area contributed by atoms with Crippen molar-refractivity contribution in [2.75, 3.05) is 4.90 Å². The Bertz CT molecular complexity index is 569. The summed E-state index contributed by atoms with van der Waals surface area (Å²) in [5, 5.41) is 2.84. The van der Waals surface area contributed by atoms with Crippen LogP contribution in [-0.4, -0.2) is 10.9 Å². The maximum absolute atomic E-state index is 11.7. The zero-order chi connectivity index (χ0) is 13.0. The lowest BCUT2D eigenvalue weighted by molar-refractivity contribution is -0.115. The molecule has 2 rings (SSSR count). The van der Waals surface area contributed by atoms with E-state index in [9.17, 15) is 9.70 Å². The highest BCUT2D eigenvalue weighted by Gasteiger charge is 2.15. The minimum atomic E-state index is -0.184. The zero-order valence-electron chi connectivity index (χ0n) is 9.78. The Kier molecular flexibility index (Phi) is 3.43. The molecule has 0 N–H and O–H groups in total. The number of nitroso groups, excluding NO2 is 1. The molecule has 1 heterocycles. The fraction of sp³-hybridized carbons (Fsp3) is 0.0769. The summed E-state index contributed by atoms with van der Waals surface area (Å²) in [7, 11) is 0. The van der Waals surface area contributed by atoms with Crippen LogP contribution in [0.25, 0.3) is 0 Å². The van der Waals surface area contributed by atoms with Crippen LogP contribution in [0, 0.1) is 4.91 Å². The van der Waals surface area contributed by atoms with E-state index in [-0.39, 0.29) is 11.6 Å². The lowest BCUT2D eigenvalue weighted by Gasteiger charge is -2.19. The maximum Gasteiger partial charge on any atom is 0.229 e. The zero-order valence-corrected chi connectivity index (χ0v) is 9.78. The average Bonchev–Trinajstić information content (AvgIpc) is 2.40. The second kappa shape index (κ2) is 5.18. The molecule has 0 radical (unpaired) electrons. The van der Waals surface area contributed by atoms with Crippen molar-refractivity contribution in [2.45, 2.75) is 6.92 Å². The van der Waals surface area contributed by atoms with Gasteiger partial charge in [0.15, 0.2) is 0 Å². The van der Waals surface area contributed by atoms with Crippen LogP contribution in [-0.2, 0) is 4.79 Å². The number of carbonyl (C=O) groups is 1. The smallest absolute Gasteiger partial charge is 0.229 e. The van der Waals surface area contributed by atoms with Crippen molar-refractivity contribution >= 4 is 23.1 Å². The third kappa shape index (κ3) is 2.40. The van der Waals surface area contributed by atoms with Gasteiger partial charge >= 0.3 is 0 Å². The van der Waals surface area contributed by atoms with Crippen molar-refractivity contribution < 1.29 is 4.79 Å². The second-order valence-corrected chi connectivity index (χ2v) is 3.65. The molecule has 0 aliphatic carbocycles. The van der Waals surface area contributed by atoms with Gasteiger partial charge in [0, 0.05) is 19.2 Å². The van der Waals surface area contributed by atoms with E-state index in [1.807, 2.05) is 18.2 Å². The number of carbonyl (C=O) groups excluding carboxylic acids is 1. The number of benzene rings is 1. The third-order valence-corrected chi connectivity index (χ3v) is 2.39. The van der Waals surface area contributed by atoms with E-state index in [0.29, 0.717) is 11.5 Å². The van der Waals surface area contributed by atoms with Crippen molar-refractivity contribution in [1.29, 1.82) is 0 Å². The van der Waals surface area contributed by atoms with Crippen molar-refractivity contribution in [3.05, 3.63) is 53.6 Å². The fourth-order valence-electron chi connectivity index (χ4n) is 1.64. The van der Waals surface area contributed by atoms with E-state index in [0.717, 1.165) is 0 Å². The van der Waals surface area contributed by atoms with E-state index in [4.69, 9.17) is 0 Å². The van der Waals surface area contributed by atoms with E-state index >= 15 is 0 Å². The van der Waals surface area contributed by atoms with Crippen LogP contribution >= 0.6 is 0 Å². The molecule has 0 fully saturated rings. The van der Waals surface area contributed by atoms with Crippen molar-refractivity contribution in [2.24, 2.45) is 5.18 Å². The van der Waals surface area contributed by atoms with Crippen LogP contribution < -0.4 is 4.90 Å². The van der Waals surface area contributed by atoms with Gasteiger partial charge in [-0.05, 0) is 23.4 Å². The molecule has 90 valence electrons. The van der Waals surface area contributed by atoms with Crippen LogP contribution in [0.15, 0.2) is 53.8 Å². The van der Waals surface area contributed by atoms with Gasteiger partial charge < -0.3 is 0 Å². The summed E-state index contributed by atoms with van der Waals surface area (Å²) in [6.45, 7) is 1.44. The van der Waals surface area contributed by atoms with Crippen LogP contribution in [0.2, 0.25) is 0 Å². The highest BCUT2D eigenvalue weighted by Crippen LogP contribution is 2.26. The van der Waals surface area contributed by atoms with Gasteiger partial charge in [-0.1, -0.05) is 18.2 Å². The number of hydrogen-bond donors (Lipinski definition) is 0. The van der Waals surface area contributed by atoms with Gasteiger partial charge in [0.2, 0.25) is 5.91 Å². The lowest BCUT2D eigenvalue weighted by atomic mass is 10.2. The Hall–Kier alpha value is -2.56. The number of hydrogen-bond acceptors (Lipinski definition) is 4. The molecule has 5 heteroatoms. The van der Waals surface area contributed by atoms with E-state index in [1.165, 1.54) is 30.2 Å². The molecule has 0 aliphatic rings. The number of aromatic nitrogens is 1. The molecule has 0 aliphatic heterocycles. The summed E-state index contributed by atoms with van der Waals surface area (Å²) in [5.74, 6) is 0.197. The summed E-state index contributed by atoms with van der Waals surface area (Å²) in [6, 6.07) is 12.1. The van der Waals surface area contributed by atoms with E-state index in [2.05, 4.69) is 10.2 Å². The lowest BCUT2D eigenvalue weighted by Crippen LogP contribution is -2.23. The molecular weight excluding hydrogens is 230 g/mol. The predicted octanol–water partition coefficient (Wildman–Crippen LogP) is 3.16. The van der Waals surface area contributed by atoms with Crippen LogP contribution in [0.3, 0.4) is 0 Å². The van der Waals surface area contributed by atoms with Gasteiger partial charge in [-0.3, -0.25) is 9.69 Å². The van der Waals surface area contributed by atoms with Gasteiger partial charge in [0.25, 0.3) is 0 Å². The molecule has 1 amide bonds. The summed E-state index contributed by atoms with van der Waals surface area (Å²) < 4.78 is 0. The highest BCUT2D eigenvalue weighted by atomic mass is 16.3.